The van der Waals surface area contributed by atoms with Gasteiger partial charge in [-0.2, -0.15) is 0 Å². The van der Waals surface area contributed by atoms with Crippen molar-refractivity contribution in [2.45, 2.75) is 38.5 Å². The van der Waals surface area contributed by atoms with Crippen LogP contribution >= 0.6 is 0 Å². The van der Waals surface area contributed by atoms with Crippen LogP contribution in [0.1, 0.15) is 38.5 Å². The van der Waals surface area contributed by atoms with E-state index in [-0.39, 0.29) is 5.91 Å². The molecular weight excluding hydrogens is 228 g/mol. The monoisotopic (exact) mass is 254 g/mol. The fourth-order valence-corrected chi connectivity index (χ4v) is 2.80. The first-order chi connectivity index (χ1) is 8.84. The molecular formula is C14H26N2O2. The molecule has 1 atom stereocenters. The maximum absolute atomic E-state index is 11.8. The number of carbonyl (C=O) groups is 1. The summed E-state index contributed by atoms with van der Waals surface area (Å²) in [5.41, 5.74) is 0. The average Bonchev–Trinajstić information content (AvgIpc) is 2.45. The van der Waals surface area contributed by atoms with E-state index in [1.54, 1.807) is 0 Å². The summed E-state index contributed by atoms with van der Waals surface area (Å²) >= 11 is 0. The van der Waals surface area contributed by atoms with Crippen LogP contribution in [0.4, 0.5) is 0 Å². The molecule has 18 heavy (non-hydrogen) atoms. The number of hydrogen-bond donors (Lipinski definition) is 2. The van der Waals surface area contributed by atoms with Crippen LogP contribution in [0.25, 0.3) is 0 Å². The second-order valence-corrected chi connectivity index (χ2v) is 5.61. The molecule has 2 fully saturated rings. The molecule has 2 aliphatic rings. The standard InChI is InChI=1S/C14H26N2O2/c17-14(4-3-12-2-1-7-15-10-12)16-11-13-5-8-18-9-6-13/h12-13,15H,1-11H2,(H,16,17). The van der Waals surface area contributed by atoms with Crippen molar-refractivity contribution in [2.24, 2.45) is 11.8 Å². The fraction of sp³-hybridized carbons (Fsp3) is 0.929. The smallest absolute Gasteiger partial charge is 0.220 e. The molecule has 0 aromatic rings. The fourth-order valence-electron chi connectivity index (χ4n) is 2.80. The van der Waals surface area contributed by atoms with E-state index in [0.717, 1.165) is 52.1 Å². The van der Waals surface area contributed by atoms with E-state index in [9.17, 15) is 4.79 Å². The topological polar surface area (TPSA) is 50.4 Å². The van der Waals surface area contributed by atoms with Crippen LogP contribution in [0, 0.1) is 11.8 Å². The van der Waals surface area contributed by atoms with E-state index in [4.69, 9.17) is 4.74 Å². The Kier molecular flexibility index (Phi) is 5.94. The Bertz CT molecular complexity index is 222. The highest BCUT2D eigenvalue weighted by atomic mass is 16.5. The maximum Gasteiger partial charge on any atom is 0.220 e. The van der Waals surface area contributed by atoms with Crippen LogP contribution < -0.4 is 10.6 Å². The molecule has 0 radical (unpaired) electrons. The lowest BCUT2D eigenvalue weighted by Gasteiger charge is -2.23. The van der Waals surface area contributed by atoms with Crippen LogP contribution in [0.15, 0.2) is 0 Å². The third-order valence-corrected chi connectivity index (χ3v) is 4.11. The molecule has 0 aliphatic carbocycles. The van der Waals surface area contributed by atoms with Crippen molar-refractivity contribution in [2.75, 3.05) is 32.8 Å². The van der Waals surface area contributed by atoms with E-state index >= 15 is 0 Å². The highest BCUT2D eigenvalue weighted by molar-refractivity contribution is 5.75. The molecule has 0 spiro atoms. The molecule has 4 heteroatoms. The van der Waals surface area contributed by atoms with Gasteiger partial charge in [0, 0.05) is 26.2 Å². The summed E-state index contributed by atoms with van der Waals surface area (Å²) < 4.78 is 5.31. The molecule has 2 rings (SSSR count). The van der Waals surface area contributed by atoms with Crippen LogP contribution in [0.2, 0.25) is 0 Å². The predicted molar refractivity (Wildman–Crippen MR) is 71.4 cm³/mol. The Morgan fingerprint density at radius 2 is 2.06 bits per heavy atom. The summed E-state index contributed by atoms with van der Waals surface area (Å²) in [5.74, 6) is 1.55. The number of hydrogen-bond acceptors (Lipinski definition) is 3. The summed E-state index contributed by atoms with van der Waals surface area (Å²) in [6.07, 6.45) is 6.44. The number of amides is 1. The molecule has 0 saturated carbocycles. The van der Waals surface area contributed by atoms with Crippen molar-refractivity contribution >= 4 is 5.91 Å². The van der Waals surface area contributed by atoms with Gasteiger partial charge in [0.05, 0.1) is 0 Å². The maximum atomic E-state index is 11.8. The highest BCUT2D eigenvalue weighted by Gasteiger charge is 2.16. The van der Waals surface area contributed by atoms with Gasteiger partial charge in [0.25, 0.3) is 0 Å². The minimum absolute atomic E-state index is 0.229. The molecule has 2 saturated heterocycles. The Morgan fingerprint density at radius 1 is 1.22 bits per heavy atom. The largest absolute Gasteiger partial charge is 0.381 e. The minimum atomic E-state index is 0.229. The molecule has 1 unspecified atom stereocenters. The van der Waals surface area contributed by atoms with Crippen molar-refractivity contribution in [1.82, 2.24) is 10.6 Å². The van der Waals surface area contributed by atoms with Gasteiger partial charge in [0.2, 0.25) is 5.91 Å². The highest BCUT2D eigenvalue weighted by Crippen LogP contribution is 2.16. The van der Waals surface area contributed by atoms with Crippen LogP contribution in [-0.2, 0) is 9.53 Å². The lowest BCUT2D eigenvalue weighted by molar-refractivity contribution is -0.121. The molecule has 0 bridgehead atoms. The first kappa shape index (κ1) is 13.8. The summed E-state index contributed by atoms with van der Waals surface area (Å²) in [4.78, 5) is 11.8. The van der Waals surface area contributed by atoms with Crippen molar-refractivity contribution < 1.29 is 9.53 Å². The Labute approximate surface area is 110 Å². The van der Waals surface area contributed by atoms with Gasteiger partial charge in [0.15, 0.2) is 0 Å². The average molecular weight is 254 g/mol. The van der Waals surface area contributed by atoms with Gasteiger partial charge in [-0.1, -0.05) is 0 Å². The lowest BCUT2D eigenvalue weighted by Crippen LogP contribution is -2.33. The second-order valence-electron chi connectivity index (χ2n) is 5.61. The second kappa shape index (κ2) is 7.74. The Hall–Kier alpha value is -0.610. The molecule has 2 aliphatic heterocycles. The lowest BCUT2D eigenvalue weighted by atomic mass is 9.94. The molecule has 104 valence electrons. The zero-order chi connectivity index (χ0) is 12.6. The van der Waals surface area contributed by atoms with Gasteiger partial charge in [-0.3, -0.25) is 4.79 Å². The number of nitrogens with one attached hydrogen (secondary N) is 2. The zero-order valence-electron chi connectivity index (χ0n) is 11.2. The first-order valence-corrected chi connectivity index (χ1v) is 7.40. The van der Waals surface area contributed by atoms with Crippen LogP contribution in [0.3, 0.4) is 0 Å². The number of piperidine rings is 1. The van der Waals surface area contributed by atoms with Crippen LogP contribution in [-0.4, -0.2) is 38.8 Å². The first-order valence-electron chi connectivity index (χ1n) is 7.40. The molecule has 0 aromatic carbocycles. The van der Waals surface area contributed by atoms with E-state index in [0.29, 0.717) is 18.3 Å². The summed E-state index contributed by atoms with van der Waals surface area (Å²) in [5, 5.41) is 6.47. The van der Waals surface area contributed by atoms with Gasteiger partial charge >= 0.3 is 0 Å². The molecule has 2 heterocycles. The van der Waals surface area contributed by atoms with Crippen molar-refractivity contribution in [3.8, 4) is 0 Å². The Balaban J connectivity index is 1.54. The predicted octanol–water partition coefficient (Wildman–Crippen LogP) is 1.31. The van der Waals surface area contributed by atoms with E-state index in [2.05, 4.69) is 10.6 Å². The van der Waals surface area contributed by atoms with Gasteiger partial charge in [-0.15, -0.1) is 0 Å². The summed E-state index contributed by atoms with van der Waals surface area (Å²) in [7, 11) is 0. The van der Waals surface area contributed by atoms with E-state index in [1.165, 1.54) is 12.8 Å². The number of rotatable bonds is 5. The van der Waals surface area contributed by atoms with Gasteiger partial charge < -0.3 is 15.4 Å². The third-order valence-electron chi connectivity index (χ3n) is 4.11. The molecule has 0 aromatic heterocycles. The Morgan fingerprint density at radius 3 is 2.78 bits per heavy atom. The third kappa shape index (κ3) is 4.94. The van der Waals surface area contributed by atoms with Gasteiger partial charge in [-0.05, 0) is 57.0 Å². The summed E-state index contributed by atoms with van der Waals surface area (Å²) in [6.45, 7) is 4.79. The van der Waals surface area contributed by atoms with Crippen molar-refractivity contribution in [1.29, 1.82) is 0 Å². The SMILES string of the molecule is O=C(CCC1CCCNC1)NCC1CCOCC1. The molecule has 4 nitrogen and oxygen atoms in total. The van der Waals surface area contributed by atoms with Gasteiger partial charge in [-0.25, -0.2) is 0 Å². The van der Waals surface area contributed by atoms with Gasteiger partial charge in [0.1, 0.15) is 0 Å². The van der Waals surface area contributed by atoms with Crippen LogP contribution in [0.5, 0.6) is 0 Å². The molecule has 1 amide bonds. The molecule has 2 N–H and O–H groups in total. The zero-order valence-corrected chi connectivity index (χ0v) is 11.2. The van der Waals surface area contributed by atoms with Crippen molar-refractivity contribution in [3.05, 3.63) is 0 Å². The number of carbonyl (C=O) groups excluding carboxylic acids is 1. The van der Waals surface area contributed by atoms with Crippen molar-refractivity contribution in [3.63, 3.8) is 0 Å². The normalized spacial score (nSPS) is 25.9. The quantitative estimate of drug-likeness (QED) is 0.778. The van der Waals surface area contributed by atoms with E-state index < -0.39 is 0 Å². The minimum Gasteiger partial charge on any atom is -0.381 e. The summed E-state index contributed by atoms with van der Waals surface area (Å²) in [6, 6.07) is 0. The number of ether oxygens (including phenoxy) is 1. The van der Waals surface area contributed by atoms with E-state index in [1.807, 2.05) is 0 Å².